The zero-order chi connectivity index (χ0) is 13.2. The normalized spacial score (nSPS) is 32.5. The van der Waals surface area contributed by atoms with Crippen LogP contribution in [0.25, 0.3) is 0 Å². The Balaban J connectivity index is 2.07. The molecule has 0 radical (unpaired) electrons. The Hall–Kier alpha value is -0.120. The van der Waals surface area contributed by atoms with Gasteiger partial charge in [0.05, 0.1) is 5.60 Å². The minimum atomic E-state index is -0.0232. The van der Waals surface area contributed by atoms with E-state index in [0.29, 0.717) is 0 Å². The molecule has 1 aliphatic carbocycles. The molecule has 1 aliphatic heterocycles. The minimum absolute atomic E-state index is 0.0232. The standard InChI is InChI=1S/C15H30N2O/c1-4-17(10-13-6-5-7-13)15(12-16)8-9-18-14(2,3)11-15/h13H,4-12,16H2,1-3H3. The first-order chi connectivity index (χ1) is 8.51. The smallest absolute Gasteiger partial charge is 0.0644 e. The van der Waals surface area contributed by atoms with E-state index in [9.17, 15) is 0 Å². The van der Waals surface area contributed by atoms with Crippen LogP contribution in [0, 0.1) is 5.92 Å². The average Bonchev–Trinajstić information content (AvgIpc) is 2.26. The summed E-state index contributed by atoms with van der Waals surface area (Å²) in [4.78, 5) is 2.65. The van der Waals surface area contributed by atoms with Crippen LogP contribution in [-0.2, 0) is 4.74 Å². The molecule has 2 fully saturated rings. The van der Waals surface area contributed by atoms with Crippen molar-refractivity contribution in [3.8, 4) is 0 Å². The van der Waals surface area contributed by atoms with Crippen molar-refractivity contribution in [3.05, 3.63) is 0 Å². The van der Waals surface area contributed by atoms with E-state index in [1.165, 1.54) is 25.8 Å². The number of nitrogens with two attached hydrogens (primary N) is 1. The first-order valence-corrected chi connectivity index (χ1v) is 7.60. The third-order valence-electron chi connectivity index (χ3n) is 4.95. The molecule has 0 aromatic carbocycles. The van der Waals surface area contributed by atoms with Gasteiger partial charge < -0.3 is 10.5 Å². The van der Waals surface area contributed by atoms with Crippen LogP contribution in [0.5, 0.6) is 0 Å². The SMILES string of the molecule is CCN(CC1CCC1)C1(CN)CCOC(C)(C)C1. The molecule has 0 amide bonds. The van der Waals surface area contributed by atoms with Crippen LogP contribution in [0.2, 0.25) is 0 Å². The highest BCUT2D eigenvalue weighted by Gasteiger charge is 2.44. The molecule has 2 aliphatic rings. The minimum Gasteiger partial charge on any atom is -0.375 e. The molecule has 2 rings (SSSR count). The predicted octanol–water partition coefficient (Wildman–Crippen LogP) is 2.39. The van der Waals surface area contributed by atoms with Crippen LogP contribution in [-0.4, -0.2) is 42.3 Å². The topological polar surface area (TPSA) is 38.5 Å². The van der Waals surface area contributed by atoms with Crippen molar-refractivity contribution < 1.29 is 4.74 Å². The Kier molecular flexibility index (Phi) is 4.35. The van der Waals surface area contributed by atoms with Crippen LogP contribution < -0.4 is 5.73 Å². The first kappa shape index (κ1) is 14.3. The maximum Gasteiger partial charge on any atom is 0.0644 e. The van der Waals surface area contributed by atoms with E-state index in [1.54, 1.807) is 0 Å². The molecule has 3 nitrogen and oxygen atoms in total. The summed E-state index contributed by atoms with van der Waals surface area (Å²) >= 11 is 0. The fourth-order valence-corrected chi connectivity index (χ4v) is 3.67. The van der Waals surface area contributed by atoms with Crippen molar-refractivity contribution >= 4 is 0 Å². The number of likely N-dealkylation sites (N-methyl/N-ethyl adjacent to an activating group) is 1. The monoisotopic (exact) mass is 254 g/mol. The molecular formula is C15H30N2O. The Labute approximate surface area is 112 Å². The zero-order valence-electron chi connectivity index (χ0n) is 12.4. The number of hydrogen-bond donors (Lipinski definition) is 1. The van der Waals surface area contributed by atoms with E-state index in [-0.39, 0.29) is 11.1 Å². The molecule has 106 valence electrons. The van der Waals surface area contributed by atoms with E-state index in [2.05, 4.69) is 25.7 Å². The molecule has 18 heavy (non-hydrogen) atoms. The van der Waals surface area contributed by atoms with Crippen molar-refractivity contribution in [1.82, 2.24) is 4.90 Å². The van der Waals surface area contributed by atoms with Gasteiger partial charge in [-0.3, -0.25) is 4.90 Å². The fraction of sp³-hybridized carbons (Fsp3) is 1.00. The van der Waals surface area contributed by atoms with Gasteiger partial charge in [-0.05, 0) is 52.0 Å². The van der Waals surface area contributed by atoms with Crippen LogP contribution in [0.3, 0.4) is 0 Å². The molecule has 1 saturated heterocycles. The number of ether oxygens (including phenoxy) is 1. The lowest BCUT2D eigenvalue weighted by Gasteiger charge is -2.52. The van der Waals surface area contributed by atoms with Gasteiger partial charge in [-0.2, -0.15) is 0 Å². The molecule has 3 heteroatoms. The summed E-state index contributed by atoms with van der Waals surface area (Å²) in [7, 11) is 0. The predicted molar refractivity (Wildman–Crippen MR) is 75.6 cm³/mol. The van der Waals surface area contributed by atoms with Gasteiger partial charge >= 0.3 is 0 Å². The summed E-state index contributed by atoms with van der Waals surface area (Å²) < 4.78 is 5.88. The van der Waals surface area contributed by atoms with Gasteiger partial charge in [-0.25, -0.2) is 0 Å². The second kappa shape index (κ2) is 5.48. The summed E-state index contributed by atoms with van der Waals surface area (Å²) in [5, 5.41) is 0. The van der Waals surface area contributed by atoms with Gasteiger partial charge in [0.2, 0.25) is 0 Å². The van der Waals surface area contributed by atoms with Gasteiger partial charge in [0.15, 0.2) is 0 Å². The molecule has 0 spiro atoms. The first-order valence-electron chi connectivity index (χ1n) is 7.60. The van der Waals surface area contributed by atoms with Crippen molar-refractivity contribution in [2.75, 3.05) is 26.2 Å². The summed E-state index contributed by atoms with van der Waals surface area (Å²) in [6.45, 7) is 10.7. The maximum absolute atomic E-state index is 6.17. The third-order valence-corrected chi connectivity index (χ3v) is 4.95. The summed E-state index contributed by atoms with van der Waals surface area (Å²) in [6, 6.07) is 0. The summed E-state index contributed by atoms with van der Waals surface area (Å²) in [5.74, 6) is 0.916. The number of nitrogens with zero attached hydrogens (tertiary/aromatic N) is 1. The molecule has 1 atom stereocenters. The molecule has 2 N–H and O–H groups in total. The fourth-order valence-electron chi connectivity index (χ4n) is 3.67. The molecule has 0 aromatic rings. The quantitative estimate of drug-likeness (QED) is 0.819. The van der Waals surface area contributed by atoms with Gasteiger partial charge in [0.1, 0.15) is 0 Å². The van der Waals surface area contributed by atoms with Crippen molar-refractivity contribution in [2.24, 2.45) is 11.7 Å². The van der Waals surface area contributed by atoms with Crippen molar-refractivity contribution in [3.63, 3.8) is 0 Å². The van der Waals surface area contributed by atoms with Gasteiger partial charge in [0.25, 0.3) is 0 Å². The molecule has 1 unspecified atom stereocenters. The van der Waals surface area contributed by atoms with E-state index in [0.717, 1.165) is 38.5 Å². The maximum atomic E-state index is 6.17. The van der Waals surface area contributed by atoms with Gasteiger partial charge in [-0.1, -0.05) is 13.3 Å². The van der Waals surface area contributed by atoms with Crippen LogP contribution in [0.4, 0.5) is 0 Å². The van der Waals surface area contributed by atoms with E-state index in [1.807, 2.05) is 0 Å². The Bertz CT molecular complexity index is 276. The highest BCUT2D eigenvalue weighted by atomic mass is 16.5. The van der Waals surface area contributed by atoms with Crippen molar-refractivity contribution in [2.45, 2.75) is 64.0 Å². The summed E-state index contributed by atoms with van der Waals surface area (Å²) in [5.41, 5.74) is 6.32. The van der Waals surface area contributed by atoms with E-state index < -0.39 is 0 Å². The molecule has 0 bridgehead atoms. The van der Waals surface area contributed by atoms with E-state index >= 15 is 0 Å². The molecule has 1 saturated carbocycles. The molecular weight excluding hydrogens is 224 g/mol. The largest absolute Gasteiger partial charge is 0.375 e. The second-order valence-electron chi connectivity index (χ2n) is 6.80. The Morgan fingerprint density at radius 3 is 2.50 bits per heavy atom. The lowest BCUT2D eigenvalue weighted by molar-refractivity contribution is -0.121. The van der Waals surface area contributed by atoms with Crippen LogP contribution in [0.1, 0.15) is 52.9 Å². The van der Waals surface area contributed by atoms with Gasteiger partial charge in [-0.15, -0.1) is 0 Å². The third kappa shape index (κ3) is 2.89. The zero-order valence-corrected chi connectivity index (χ0v) is 12.4. The Morgan fingerprint density at radius 2 is 2.06 bits per heavy atom. The van der Waals surface area contributed by atoms with Crippen LogP contribution >= 0.6 is 0 Å². The number of rotatable bonds is 5. The lowest BCUT2D eigenvalue weighted by Crippen LogP contribution is -2.61. The Morgan fingerprint density at radius 1 is 1.33 bits per heavy atom. The molecule has 0 aromatic heterocycles. The average molecular weight is 254 g/mol. The second-order valence-corrected chi connectivity index (χ2v) is 6.80. The van der Waals surface area contributed by atoms with Gasteiger partial charge in [0, 0.05) is 25.2 Å². The number of hydrogen-bond acceptors (Lipinski definition) is 3. The lowest BCUT2D eigenvalue weighted by atomic mass is 9.77. The van der Waals surface area contributed by atoms with Crippen LogP contribution in [0.15, 0.2) is 0 Å². The highest BCUT2D eigenvalue weighted by molar-refractivity contribution is 5.00. The summed E-state index contributed by atoms with van der Waals surface area (Å²) in [6.07, 6.45) is 6.41. The van der Waals surface area contributed by atoms with E-state index in [4.69, 9.17) is 10.5 Å². The molecule has 1 heterocycles. The van der Waals surface area contributed by atoms with Crippen molar-refractivity contribution in [1.29, 1.82) is 0 Å². The highest BCUT2D eigenvalue weighted by Crippen LogP contribution is 2.38.